The second-order valence-corrected chi connectivity index (χ2v) is 5.72. The van der Waals surface area contributed by atoms with E-state index in [1.165, 1.54) is 18.2 Å². The van der Waals surface area contributed by atoms with Crippen LogP contribution >= 0.6 is 27.7 Å². The Labute approximate surface area is 124 Å². The maximum Gasteiger partial charge on any atom is 0.335 e. The topological polar surface area (TPSA) is 92.4 Å². The first kappa shape index (κ1) is 16.0. The number of carboxylic acids is 1. The number of nitrogens with one attached hydrogen (secondary N) is 1. The number of anilines is 1. The normalized spacial score (nSPS) is 11.9. The van der Waals surface area contributed by atoms with Crippen molar-refractivity contribution in [1.82, 2.24) is 0 Å². The third kappa shape index (κ3) is 4.85. The summed E-state index contributed by atoms with van der Waals surface area (Å²) >= 11 is 4.85. The van der Waals surface area contributed by atoms with Gasteiger partial charge >= 0.3 is 5.97 Å². The van der Waals surface area contributed by atoms with Gasteiger partial charge in [-0.1, -0.05) is 0 Å². The number of carbonyl (C=O) groups excluding carboxylic acids is 1. The SMILES string of the molecule is CSCC[C@H](N)C(=O)Nc1ccc(C(=O)O)cc1Br. The molecule has 0 fully saturated rings. The summed E-state index contributed by atoms with van der Waals surface area (Å²) in [6.45, 7) is 0. The molecule has 1 amide bonds. The van der Waals surface area contributed by atoms with E-state index in [-0.39, 0.29) is 11.5 Å². The first-order valence-electron chi connectivity index (χ1n) is 5.54. The Bertz CT molecular complexity index is 482. The average Bonchev–Trinajstić information content (AvgIpc) is 2.37. The quantitative estimate of drug-likeness (QED) is 0.733. The van der Waals surface area contributed by atoms with Crippen LogP contribution < -0.4 is 11.1 Å². The smallest absolute Gasteiger partial charge is 0.335 e. The van der Waals surface area contributed by atoms with E-state index in [1.807, 2.05) is 6.26 Å². The van der Waals surface area contributed by atoms with Crippen molar-refractivity contribution in [2.45, 2.75) is 12.5 Å². The van der Waals surface area contributed by atoms with Crippen molar-refractivity contribution in [3.8, 4) is 0 Å². The van der Waals surface area contributed by atoms with Gasteiger partial charge in [-0.05, 0) is 52.6 Å². The molecule has 7 heteroatoms. The molecule has 0 saturated carbocycles. The van der Waals surface area contributed by atoms with Crippen LogP contribution in [0.3, 0.4) is 0 Å². The highest BCUT2D eigenvalue weighted by atomic mass is 79.9. The molecule has 0 aromatic heterocycles. The van der Waals surface area contributed by atoms with Crippen molar-refractivity contribution in [2.24, 2.45) is 5.73 Å². The van der Waals surface area contributed by atoms with Crippen LogP contribution in [0.5, 0.6) is 0 Å². The van der Waals surface area contributed by atoms with Gasteiger partial charge in [-0.2, -0.15) is 11.8 Å². The largest absolute Gasteiger partial charge is 0.478 e. The minimum atomic E-state index is -1.02. The molecule has 1 rings (SSSR count). The van der Waals surface area contributed by atoms with Crippen LogP contribution in [-0.2, 0) is 4.79 Å². The fourth-order valence-electron chi connectivity index (χ4n) is 1.35. The molecule has 0 radical (unpaired) electrons. The molecule has 0 aliphatic carbocycles. The molecule has 104 valence electrons. The van der Waals surface area contributed by atoms with Gasteiger partial charge < -0.3 is 16.2 Å². The number of carbonyl (C=O) groups is 2. The minimum absolute atomic E-state index is 0.150. The maximum absolute atomic E-state index is 11.8. The van der Waals surface area contributed by atoms with Crippen LogP contribution in [0.25, 0.3) is 0 Å². The second-order valence-electron chi connectivity index (χ2n) is 3.88. The summed E-state index contributed by atoms with van der Waals surface area (Å²) in [5.74, 6) is -0.485. The Morgan fingerprint density at radius 2 is 2.21 bits per heavy atom. The molecule has 1 atom stereocenters. The van der Waals surface area contributed by atoms with Gasteiger partial charge in [-0.25, -0.2) is 4.79 Å². The van der Waals surface area contributed by atoms with E-state index in [9.17, 15) is 9.59 Å². The van der Waals surface area contributed by atoms with Gasteiger partial charge in [0.1, 0.15) is 0 Å². The van der Waals surface area contributed by atoms with Crippen molar-refractivity contribution >= 4 is 45.3 Å². The summed E-state index contributed by atoms with van der Waals surface area (Å²) in [5.41, 5.74) is 6.40. The van der Waals surface area contributed by atoms with E-state index in [0.29, 0.717) is 16.6 Å². The third-order valence-corrected chi connectivity index (χ3v) is 3.74. The number of thioether (sulfide) groups is 1. The van der Waals surface area contributed by atoms with Crippen LogP contribution in [-0.4, -0.2) is 35.0 Å². The molecule has 4 N–H and O–H groups in total. The van der Waals surface area contributed by atoms with Gasteiger partial charge in [0, 0.05) is 4.47 Å². The predicted molar refractivity (Wildman–Crippen MR) is 80.7 cm³/mol. The van der Waals surface area contributed by atoms with Crippen molar-refractivity contribution in [2.75, 3.05) is 17.3 Å². The molecule has 0 unspecified atom stereocenters. The Kier molecular flexibility index (Phi) is 6.33. The number of hydrogen-bond donors (Lipinski definition) is 3. The Morgan fingerprint density at radius 3 is 2.74 bits per heavy atom. The number of hydrogen-bond acceptors (Lipinski definition) is 4. The van der Waals surface area contributed by atoms with E-state index < -0.39 is 12.0 Å². The van der Waals surface area contributed by atoms with Crippen molar-refractivity contribution in [3.05, 3.63) is 28.2 Å². The number of halogens is 1. The Hall–Kier alpha value is -1.05. The van der Waals surface area contributed by atoms with Crippen LogP contribution in [0.1, 0.15) is 16.8 Å². The lowest BCUT2D eigenvalue weighted by Gasteiger charge is -2.13. The molecule has 19 heavy (non-hydrogen) atoms. The summed E-state index contributed by atoms with van der Waals surface area (Å²) in [7, 11) is 0. The molecule has 0 bridgehead atoms. The molecular weight excluding hydrogens is 332 g/mol. The fourth-order valence-corrected chi connectivity index (χ4v) is 2.32. The van der Waals surface area contributed by atoms with E-state index >= 15 is 0 Å². The van der Waals surface area contributed by atoms with Gasteiger partial charge in [0.15, 0.2) is 0 Å². The van der Waals surface area contributed by atoms with Crippen molar-refractivity contribution in [1.29, 1.82) is 0 Å². The number of carboxylic acid groups (broad SMARTS) is 1. The number of rotatable bonds is 6. The standard InChI is InChI=1S/C12H15BrN2O3S/c1-19-5-4-9(14)11(16)15-10-3-2-7(12(17)18)6-8(10)13/h2-3,6,9H,4-5,14H2,1H3,(H,15,16)(H,17,18)/t9-/m0/s1. The van der Waals surface area contributed by atoms with E-state index in [1.54, 1.807) is 11.8 Å². The molecule has 0 heterocycles. The third-order valence-electron chi connectivity index (χ3n) is 2.44. The van der Waals surface area contributed by atoms with Crippen LogP contribution in [0.15, 0.2) is 22.7 Å². The molecule has 0 aliphatic rings. The van der Waals surface area contributed by atoms with E-state index in [4.69, 9.17) is 10.8 Å². The van der Waals surface area contributed by atoms with Crippen LogP contribution in [0, 0.1) is 0 Å². The van der Waals surface area contributed by atoms with E-state index in [0.717, 1.165) is 5.75 Å². The first-order valence-corrected chi connectivity index (χ1v) is 7.72. The Balaban J connectivity index is 2.72. The lowest BCUT2D eigenvalue weighted by Crippen LogP contribution is -2.36. The summed E-state index contributed by atoms with van der Waals surface area (Å²) in [6.07, 6.45) is 2.55. The van der Waals surface area contributed by atoms with Gasteiger partial charge in [0.2, 0.25) is 5.91 Å². The lowest BCUT2D eigenvalue weighted by atomic mass is 10.2. The van der Waals surface area contributed by atoms with Crippen LogP contribution in [0.4, 0.5) is 5.69 Å². The summed E-state index contributed by atoms with van der Waals surface area (Å²) in [6, 6.07) is 3.83. The number of amides is 1. The van der Waals surface area contributed by atoms with E-state index in [2.05, 4.69) is 21.2 Å². The van der Waals surface area contributed by atoms with Gasteiger partial charge in [-0.3, -0.25) is 4.79 Å². The number of nitrogens with two attached hydrogens (primary N) is 1. The van der Waals surface area contributed by atoms with Crippen molar-refractivity contribution < 1.29 is 14.7 Å². The first-order chi connectivity index (χ1) is 8.95. The molecular formula is C12H15BrN2O3S. The maximum atomic E-state index is 11.8. The predicted octanol–water partition coefficient (Wildman–Crippen LogP) is 2.17. The minimum Gasteiger partial charge on any atom is -0.478 e. The summed E-state index contributed by atoms with van der Waals surface area (Å²) in [4.78, 5) is 22.6. The average molecular weight is 347 g/mol. The monoisotopic (exact) mass is 346 g/mol. The molecule has 1 aromatic rings. The molecule has 0 saturated heterocycles. The highest BCUT2D eigenvalue weighted by molar-refractivity contribution is 9.10. The van der Waals surface area contributed by atoms with Crippen LogP contribution in [0.2, 0.25) is 0 Å². The van der Waals surface area contributed by atoms with Gasteiger partial charge in [0.25, 0.3) is 0 Å². The summed E-state index contributed by atoms with van der Waals surface area (Å²) < 4.78 is 0.512. The highest BCUT2D eigenvalue weighted by Gasteiger charge is 2.15. The molecule has 0 aliphatic heterocycles. The zero-order valence-corrected chi connectivity index (χ0v) is 12.8. The molecule has 5 nitrogen and oxygen atoms in total. The highest BCUT2D eigenvalue weighted by Crippen LogP contribution is 2.24. The zero-order chi connectivity index (χ0) is 14.4. The fraction of sp³-hybridized carbons (Fsp3) is 0.333. The summed E-state index contributed by atoms with van der Waals surface area (Å²) in [5, 5.41) is 11.5. The zero-order valence-electron chi connectivity index (χ0n) is 10.4. The van der Waals surface area contributed by atoms with Gasteiger partial charge in [-0.15, -0.1) is 0 Å². The number of benzene rings is 1. The number of aromatic carboxylic acids is 1. The van der Waals surface area contributed by atoms with Gasteiger partial charge in [0.05, 0.1) is 17.3 Å². The Morgan fingerprint density at radius 1 is 1.53 bits per heavy atom. The molecule has 1 aromatic carbocycles. The molecule has 0 spiro atoms. The second kappa shape index (κ2) is 7.52. The lowest BCUT2D eigenvalue weighted by molar-refractivity contribution is -0.117. The van der Waals surface area contributed by atoms with Crippen molar-refractivity contribution in [3.63, 3.8) is 0 Å².